The van der Waals surface area contributed by atoms with Gasteiger partial charge in [-0.05, 0) is 55.2 Å². The molecule has 5 rings (SSSR count). The van der Waals surface area contributed by atoms with Gasteiger partial charge in [0.15, 0.2) is 0 Å². The van der Waals surface area contributed by atoms with E-state index < -0.39 is 0 Å². The van der Waals surface area contributed by atoms with Gasteiger partial charge in [0.05, 0.1) is 23.1 Å². The summed E-state index contributed by atoms with van der Waals surface area (Å²) in [4.78, 5) is 36.0. The first-order valence-corrected chi connectivity index (χ1v) is 11.8. The number of anilines is 2. The van der Waals surface area contributed by atoms with Gasteiger partial charge in [0.1, 0.15) is 5.69 Å². The maximum absolute atomic E-state index is 12.8. The summed E-state index contributed by atoms with van der Waals surface area (Å²) in [6, 6.07) is 17.7. The predicted molar refractivity (Wildman–Crippen MR) is 132 cm³/mol. The fourth-order valence-corrected chi connectivity index (χ4v) is 5.08. The lowest BCUT2D eigenvalue weighted by Gasteiger charge is -2.45. The molecule has 3 aromatic rings. The summed E-state index contributed by atoms with van der Waals surface area (Å²) in [7, 11) is 1.58. The topological polar surface area (TPSA) is 87.2 Å². The van der Waals surface area contributed by atoms with Crippen LogP contribution in [0.3, 0.4) is 0 Å². The smallest absolute Gasteiger partial charge is 0.269 e. The lowest BCUT2D eigenvalue weighted by Crippen LogP contribution is -2.51. The average molecular weight is 456 g/mol. The zero-order chi connectivity index (χ0) is 23.8. The molecule has 0 bridgehead atoms. The highest BCUT2D eigenvalue weighted by molar-refractivity contribution is 5.94. The molecule has 0 radical (unpaired) electrons. The van der Waals surface area contributed by atoms with E-state index in [1.165, 1.54) is 0 Å². The maximum Gasteiger partial charge on any atom is 0.269 e. The minimum absolute atomic E-state index is 0.0448. The van der Waals surface area contributed by atoms with Crippen molar-refractivity contribution in [1.29, 1.82) is 0 Å². The molecule has 2 N–H and O–H groups in total. The molecule has 7 nitrogen and oxygen atoms in total. The zero-order valence-electron chi connectivity index (χ0n) is 19.7. The van der Waals surface area contributed by atoms with Gasteiger partial charge in [-0.3, -0.25) is 14.6 Å². The summed E-state index contributed by atoms with van der Waals surface area (Å²) in [6.45, 7) is 3.86. The van der Waals surface area contributed by atoms with Crippen LogP contribution in [0, 0.1) is 11.8 Å². The number of rotatable bonds is 5. The van der Waals surface area contributed by atoms with E-state index in [1.807, 2.05) is 41.3 Å². The van der Waals surface area contributed by atoms with Crippen molar-refractivity contribution < 1.29 is 9.59 Å². The Kier molecular flexibility index (Phi) is 5.77. The Bertz CT molecular complexity index is 1210. The Morgan fingerprint density at radius 2 is 1.79 bits per heavy atom. The molecule has 7 heteroatoms. The van der Waals surface area contributed by atoms with E-state index in [-0.39, 0.29) is 29.8 Å². The van der Waals surface area contributed by atoms with Gasteiger partial charge < -0.3 is 15.5 Å². The summed E-state index contributed by atoms with van der Waals surface area (Å²) < 4.78 is 0. The van der Waals surface area contributed by atoms with Crippen LogP contribution in [0.25, 0.3) is 11.3 Å². The van der Waals surface area contributed by atoms with Gasteiger partial charge in [-0.1, -0.05) is 25.1 Å². The number of nitrogens with zero attached hydrogens (tertiary/aromatic N) is 3. The molecule has 0 unspecified atom stereocenters. The molecule has 34 heavy (non-hydrogen) atoms. The van der Waals surface area contributed by atoms with Gasteiger partial charge >= 0.3 is 0 Å². The Balaban J connectivity index is 1.59. The Morgan fingerprint density at radius 3 is 2.41 bits per heavy atom. The van der Waals surface area contributed by atoms with E-state index in [0.29, 0.717) is 11.6 Å². The SMILES string of the molecule is CNC(=O)c1ccc(-c2ccc3c(n2)[C@H](Nc2ccccc2)[C@@H](C)[C@H](C2CC2)N3C(C)=O)cn1. The van der Waals surface area contributed by atoms with Gasteiger partial charge in [-0.25, -0.2) is 4.98 Å². The Morgan fingerprint density at radius 1 is 1.03 bits per heavy atom. The van der Waals surface area contributed by atoms with E-state index >= 15 is 0 Å². The lowest BCUT2D eigenvalue weighted by molar-refractivity contribution is -0.117. The fraction of sp³-hybridized carbons (Fsp3) is 0.333. The molecule has 2 aromatic heterocycles. The van der Waals surface area contributed by atoms with Crippen LogP contribution in [0.5, 0.6) is 0 Å². The summed E-state index contributed by atoms with van der Waals surface area (Å²) in [6.07, 6.45) is 3.98. The molecular weight excluding hydrogens is 426 g/mol. The van der Waals surface area contributed by atoms with E-state index in [4.69, 9.17) is 4.98 Å². The van der Waals surface area contributed by atoms with Crippen molar-refractivity contribution in [3.63, 3.8) is 0 Å². The summed E-state index contributed by atoms with van der Waals surface area (Å²) in [5.74, 6) is 0.525. The first-order valence-electron chi connectivity index (χ1n) is 11.8. The largest absolute Gasteiger partial charge is 0.376 e. The average Bonchev–Trinajstić information content (AvgIpc) is 3.70. The second kappa shape index (κ2) is 8.89. The standard InChI is InChI=1S/C27H29N5O2/c1-16-24(30-20-7-5-4-6-8-20)25-23(32(17(2)33)26(16)18-9-10-18)14-13-21(31-25)19-11-12-22(29-15-19)27(34)28-3/h4-8,11-16,18,24,26,30H,9-10H2,1-3H3,(H,28,34)/t16-,24-,26-/m1/s1. The number of carbonyl (C=O) groups is 2. The molecule has 3 heterocycles. The van der Waals surface area contributed by atoms with Crippen LogP contribution < -0.4 is 15.5 Å². The molecule has 2 amide bonds. The van der Waals surface area contributed by atoms with Gasteiger partial charge in [-0.15, -0.1) is 0 Å². The molecule has 1 aliphatic heterocycles. The number of pyridine rings is 2. The molecule has 2 aliphatic rings. The van der Waals surface area contributed by atoms with Crippen LogP contribution in [0.1, 0.15) is 48.9 Å². The molecule has 0 saturated heterocycles. The monoisotopic (exact) mass is 455 g/mol. The van der Waals surface area contributed by atoms with Crippen molar-refractivity contribution in [3.8, 4) is 11.3 Å². The number of hydrogen-bond donors (Lipinski definition) is 2. The molecular formula is C27H29N5O2. The Hall–Kier alpha value is -3.74. The number of aromatic nitrogens is 2. The molecule has 174 valence electrons. The van der Waals surface area contributed by atoms with Crippen LogP contribution in [-0.4, -0.2) is 34.9 Å². The molecule has 1 aliphatic carbocycles. The first-order chi connectivity index (χ1) is 16.5. The minimum Gasteiger partial charge on any atom is -0.376 e. The highest BCUT2D eigenvalue weighted by atomic mass is 16.2. The van der Waals surface area contributed by atoms with Crippen molar-refractivity contribution in [1.82, 2.24) is 15.3 Å². The van der Waals surface area contributed by atoms with Gasteiger partial charge in [0, 0.05) is 43.4 Å². The number of nitrogens with one attached hydrogen (secondary N) is 2. The second-order valence-electron chi connectivity index (χ2n) is 9.18. The number of hydrogen-bond acceptors (Lipinski definition) is 5. The molecule has 1 fully saturated rings. The molecule has 1 aromatic carbocycles. The van der Waals surface area contributed by atoms with Crippen molar-refractivity contribution in [2.75, 3.05) is 17.3 Å². The summed E-state index contributed by atoms with van der Waals surface area (Å²) in [5, 5.41) is 6.29. The quantitative estimate of drug-likeness (QED) is 0.594. The number of para-hydroxylation sites is 1. The van der Waals surface area contributed by atoms with Gasteiger partial charge in [0.25, 0.3) is 5.91 Å². The molecule has 0 spiro atoms. The maximum atomic E-state index is 12.8. The fourth-order valence-electron chi connectivity index (χ4n) is 5.08. The third-order valence-electron chi connectivity index (χ3n) is 6.88. The predicted octanol–water partition coefficient (Wildman–Crippen LogP) is 4.44. The van der Waals surface area contributed by atoms with Crippen LogP contribution >= 0.6 is 0 Å². The summed E-state index contributed by atoms with van der Waals surface area (Å²) in [5.41, 5.74) is 4.69. The van der Waals surface area contributed by atoms with E-state index in [0.717, 1.165) is 41.2 Å². The van der Waals surface area contributed by atoms with Crippen LogP contribution in [0.4, 0.5) is 11.4 Å². The number of fused-ring (bicyclic) bond motifs is 1. The van der Waals surface area contributed by atoms with Crippen LogP contribution in [0.15, 0.2) is 60.8 Å². The van der Waals surface area contributed by atoms with Crippen molar-refractivity contribution >= 4 is 23.2 Å². The molecule has 1 saturated carbocycles. The van der Waals surface area contributed by atoms with Gasteiger partial charge in [0.2, 0.25) is 5.91 Å². The van der Waals surface area contributed by atoms with E-state index in [2.05, 4.69) is 34.7 Å². The Labute approximate surface area is 199 Å². The van der Waals surface area contributed by atoms with Crippen LogP contribution in [0.2, 0.25) is 0 Å². The number of benzene rings is 1. The van der Waals surface area contributed by atoms with Crippen molar-refractivity contribution in [2.24, 2.45) is 11.8 Å². The van der Waals surface area contributed by atoms with Crippen molar-refractivity contribution in [2.45, 2.75) is 38.8 Å². The minimum atomic E-state index is -0.228. The second-order valence-corrected chi connectivity index (χ2v) is 9.18. The van der Waals surface area contributed by atoms with E-state index in [9.17, 15) is 9.59 Å². The summed E-state index contributed by atoms with van der Waals surface area (Å²) >= 11 is 0. The lowest BCUT2D eigenvalue weighted by atomic mass is 9.82. The third kappa shape index (κ3) is 4.02. The van der Waals surface area contributed by atoms with Crippen molar-refractivity contribution in [3.05, 3.63) is 72.2 Å². The van der Waals surface area contributed by atoms with E-state index in [1.54, 1.807) is 26.2 Å². The number of amides is 2. The van der Waals surface area contributed by atoms with Gasteiger partial charge in [-0.2, -0.15) is 0 Å². The number of carbonyl (C=O) groups excluding carboxylic acids is 2. The molecule has 3 atom stereocenters. The zero-order valence-corrected chi connectivity index (χ0v) is 19.7. The van der Waals surface area contributed by atoms with Crippen LogP contribution in [-0.2, 0) is 4.79 Å². The highest BCUT2D eigenvalue weighted by Crippen LogP contribution is 2.49. The third-order valence-corrected chi connectivity index (χ3v) is 6.88. The highest BCUT2D eigenvalue weighted by Gasteiger charge is 2.48. The first kappa shape index (κ1) is 22.1. The normalized spacial score (nSPS) is 21.5.